The molecule has 5 heteroatoms. The highest BCUT2D eigenvalue weighted by atomic mass is 16.5. The number of aliphatic hydroxyl groups is 1. The van der Waals surface area contributed by atoms with E-state index in [9.17, 15) is 5.11 Å². The average Bonchev–Trinajstić information content (AvgIpc) is 2.76. The topological polar surface area (TPSA) is 39.2 Å². The molecule has 1 N–H and O–H groups in total. The van der Waals surface area contributed by atoms with E-state index in [1.807, 2.05) is 14.1 Å². The van der Waals surface area contributed by atoms with Gasteiger partial charge >= 0.3 is 0 Å². The molecule has 3 fully saturated rings. The van der Waals surface area contributed by atoms with E-state index in [-0.39, 0.29) is 12.6 Å². The van der Waals surface area contributed by atoms with Crippen LogP contribution in [0.5, 0.6) is 0 Å². The molecule has 0 spiro atoms. The highest BCUT2D eigenvalue weighted by Crippen LogP contribution is 2.42. The highest BCUT2D eigenvalue weighted by Gasteiger charge is 2.49. The van der Waals surface area contributed by atoms with Gasteiger partial charge < -0.3 is 14.7 Å². The molecule has 1 aromatic rings. The zero-order valence-electron chi connectivity index (χ0n) is 19.3. The van der Waals surface area contributed by atoms with E-state index in [4.69, 9.17) is 4.74 Å². The molecule has 0 aliphatic carbocycles. The molecule has 0 saturated carbocycles. The fraction of sp³-hybridized carbons (Fsp3) is 0.692. The number of benzene rings is 1. The minimum atomic E-state index is 0.242. The Morgan fingerprint density at radius 3 is 2.55 bits per heavy atom. The minimum Gasteiger partial charge on any atom is -0.395 e. The predicted molar refractivity (Wildman–Crippen MR) is 125 cm³/mol. The van der Waals surface area contributed by atoms with Crippen molar-refractivity contribution in [1.29, 1.82) is 0 Å². The van der Waals surface area contributed by atoms with E-state index < -0.39 is 0 Å². The first-order valence-corrected chi connectivity index (χ1v) is 12.1. The summed E-state index contributed by atoms with van der Waals surface area (Å²) in [6.07, 6.45) is 4.88. The quantitative estimate of drug-likeness (QED) is 0.733. The third kappa shape index (κ3) is 5.69. The molecule has 170 valence electrons. The van der Waals surface area contributed by atoms with Crippen molar-refractivity contribution in [1.82, 2.24) is 14.7 Å². The van der Waals surface area contributed by atoms with Crippen molar-refractivity contribution >= 4 is 0 Å². The lowest BCUT2D eigenvalue weighted by molar-refractivity contribution is -0.0677. The normalized spacial score (nSPS) is 28.2. The Kier molecular flexibility index (Phi) is 8.03. The van der Waals surface area contributed by atoms with Crippen LogP contribution in [0, 0.1) is 17.8 Å². The summed E-state index contributed by atoms with van der Waals surface area (Å²) in [6, 6.07) is 9.54. The number of ether oxygens (including phenoxy) is 1. The molecular formula is C26H39N3O2. The van der Waals surface area contributed by atoms with E-state index in [1.54, 1.807) is 0 Å². The summed E-state index contributed by atoms with van der Waals surface area (Å²) in [5, 5.41) is 10.2. The molecule has 0 unspecified atom stereocenters. The highest BCUT2D eigenvalue weighted by molar-refractivity contribution is 5.39. The standard InChI is InChI=1S/C26H39N3O2/c1-27(2)13-5-6-21-7-9-23(10-8-21)26-24-19-28(18-22-11-16-31-17-12-22)14-3-4-15-29(24)25(26)20-30/h7-10,22,24-26,30H,3-4,11-20H2,1-2H3/t24-,25+,26+/m1/s1. The van der Waals surface area contributed by atoms with Crippen LogP contribution in [0.15, 0.2) is 24.3 Å². The predicted octanol–water partition coefficient (Wildman–Crippen LogP) is 2.25. The lowest BCUT2D eigenvalue weighted by atomic mass is 9.74. The van der Waals surface area contributed by atoms with Gasteiger partial charge in [-0.2, -0.15) is 0 Å². The fourth-order valence-corrected chi connectivity index (χ4v) is 5.56. The van der Waals surface area contributed by atoms with Crippen LogP contribution in [-0.2, 0) is 4.74 Å². The lowest BCUT2D eigenvalue weighted by Gasteiger charge is -2.57. The van der Waals surface area contributed by atoms with Gasteiger partial charge in [-0.25, -0.2) is 0 Å². The molecule has 5 nitrogen and oxygen atoms in total. The van der Waals surface area contributed by atoms with Gasteiger partial charge in [0.25, 0.3) is 0 Å². The van der Waals surface area contributed by atoms with Gasteiger partial charge in [0.1, 0.15) is 0 Å². The van der Waals surface area contributed by atoms with Crippen molar-refractivity contribution in [3.05, 3.63) is 35.4 Å². The Labute approximate surface area is 188 Å². The molecule has 31 heavy (non-hydrogen) atoms. The first kappa shape index (κ1) is 22.8. The monoisotopic (exact) mass is 425 g/mol. The summed E-state index contributed by atoms with van der Waals surface area (Å²) in [6.45, 7) is 7.50. The summed E-state index contributed by atoms with van der Waals surface area (Å²) in [7, 11) is 4.07. The van der Waals surface area contributed by atoms with Gasteiger partial charge in [0.05, 0.1) is 13.2 Å². The number of hydrogen-bond acceptors (Lipinski definition) is 5. The second-order valence-corrected chi connectivity index (χ2v) is 9.76. The second-order valence-electron chi connectivity index (χ2n) is 9.76. The van der Waals surface area contributed by atoms with E-state index in [0.29, 0.717) is 12.0 Å². The molecule has 0 bridgehead atoms. The van der Waals surface area contributed by atoms with Crippen LogP contribution in [-0.4, -0.2) is 98.5 Å². The van der Waals surface area contributed by atoms with Crippen LogP contribution < -0.4 is 0 Å². The second kappa shape index (κ2) is 10.9. The van der Waals surface area contributed by atoms with Crippen LogP contribution in [0.1, 0.15) is 42.7 Å². The molecule has 3 saturated heterocycles. The molecule has 3 heterocycles. The molecule has 4 rings (SSSR count). The fourth-order valence-electron chi connectivity index (χ4n) is 5.56. The van der Waals surface area contributed by atoms with Crippen LogP contribution in [0.4, 0.5) is 0 Å². The Hall–Kier alpha value is -1.42. The molecule has 3 aliphatic heterocycles. The first-order valence-electron chi connectivity index (χ1n) is 12.1. The zero-order valence-corrected chi connectivity index (χ0v) is 19.3. The Bertz CT molecular complexity index is 748. The first-order chi connectivity index (χ1) is 15.2. The van der Waals surface area contributed by atoms with E-state index in [0.717, 1.165) is 44.3 Å². The Morgan fingerprint density at radius 1 is 1.10 bits per heavy atom. The van der Waals surface area contributed by atoms with Crippen molar-refractivity contribution in [3.63, 3.8) is 0 Å². The minimum absolute atomic E-state index is 0.242. The molecular weight excluding hydrogens is 386 g/mol. The zero-order chi connectivity index (χ0) is 21.6. The van der Waals surface area contributed by atoms with Crippen LogP contribution in [0.2, 0.25) is 0 Å². The van der Waals surface area contributed by atoms with Crippen molar-refractivity contribution in [3.8, 4) is 11.8 Å². The number of rotatable bonds is 5. The van der Waals surface area contributed by atoms with E-state index in [2.05, 4.69) is 50.8 Å². The van der Waals surface area contributed by atoms with Crippen molar-refractivity contribution in [2.45, 2.75) is 43.7 Å². The van der Waals surface area contributed by atoms with Crippen LogP contribution in [0.3, 0.4) is 0 Å². The maximum Gasteiger partial charge on any atom is 0.0600 e. The Balaban J connectivity index is 1.45. The maximum absolute atomic E-state index is 10.2. The van der Waals surface area contributed by atoms with E-state index in [1.165, 1.54) is 44.3 Å². The van der Waals surface area contributed by atoms with Crippen molar-refractivity contribution in [2.24, 2.45) is 5.92 Å². The van der Waals surface area contributed by atoms with Gasteiger partial charge in [0.2, 0.25) is 0 Å². The summed E-state index contributed by atoms with van der Waals surface area (Å²) in [5.41, 5.74) is 2.42. The largest absolute Gasteiger partial charge is 0.395 e. The third-order valence-corrected chi connectivity index (χ3v) is 7.23. The van der Waals surface area contributed by atoms with Crippen LogP contribution in [0.25, 0.3) is 0 Å². The number of nitrogens with zero attached hydrogens (tertiary/aromatic N) is 3. The summed E-state index contributed by atoms with van der Waals surface area (Å²) in [5.74, 6) is 7.65. The SMILES string of the molecule is CN(C)CC#Cc1ccc([C@H]2[C@H]3CN(CC4CCOCC4)CCCCN3[C@H]2CO)cc1. The summed E-state index contributed by atoms with van der Waals surface area (Å²) in [4.78, 5) is 7.36. The van der Waals surface area contributed by atoms with Gasteiger partial charge in [-0.15, -0.1) is 0 Å². The molecule has 0 radical (unpaired) electrons. The molecule has 0 aromatic heterocycles. The molecule has 3 atom stereocenters. The average molecular weight is 426 g/mol. The smallest absolute Gasteiger partial charge is 0.0600 e. The summed E-state index contributed by atoms with van der Waals surface area (Å²) < 4.78 is 5.57. The van der Waals surface area contributed by atoms with E-state index >= 15 is 0 Å². The number of hydrogen-bond donors (Lipinski definition) is 1. The van der Waals surface area contributed by atoms with Gasteiger partial charge in [0.15, 0.2) is 0 Å². The van der Waals surface area contributed by atoms with Crippen molar-refractivity contribution < 1.29 is 9.84 Å². The van der Waals surface area contributed by atoms with Gasteiger partial charge in [-0.05, 0) is 76.5 Å². The van der Waals surface area contributed by atoms with Gasteiger partial charge in [0, 0.05) is 49.9 Å². The third-order valence-electron chi connectivity index (χ3n) is 7.23. The summed E-state index contributed by atoms with van der Waals surface area (Å²) >= 11 is 0. The van der Waals surface area contributed by atoms with Crippen molar-refractivity contribution in [2.75, 3.05) is 66.6 Å². The lowest BCUT2D eigenvalue weighted by Crippen LogP contribution is -2.67. The number of fused-ring (bicyclic) bond motifs is 1. The number of aliphatic hydroxyl groups excluding tert-OH is 1. The Morgan fingerprint density at radius 2 is 1.84 bits per heavy atom. The molecule has 0 amide bonds. The molecule has 3 aliphatic rings. The molecule has 1 aromatic carbocycles. The maximum atomic E-state index is 10.2. The van der Waals surface area contributed by atoms with Gasteiger partial charge in [-0.3, -0.25) is 9.80 Å². The van der Waals surface area contributed by atoms with Crippen LogP contribution >= 0.6 is 0 Å². The van der Waals surface area contributed by atoms with Gasteiger partial charge in [-0.1, -0.05) is 24.0 Å².